The lowest BCUT2D eigenvalue weighted by Gasteiger charge is -2.37. The lowest BCUT2D eigenvalue weighted by molar-refractivity contribution is -0.139. The normalized spacial score (nSPS) is 22.5. The van der Waals surface area contributed by atoms with Gasteiger partial charge in [-0.1, -0.05) is 62.4 Å². The molecule has 2 aliphatic carbocycles. The van der Waals surface area contributed by atoms with Crippen LogP contribution in [0.3, 0.4) is 0 Å². The van der Waals surface area contributed by atoms with Gasteiger partial charge in [-0.25, -0.2) is 19.6 Å². The molecule has 58 heavy (non-hydrogen) atoms. The van der Waals surface area contributed by atoms with Gasteiger partial charge in [-0.05, 0) is 116 Å². The molecule has 1 unspecified atom stereocenters. The summed E-state index contributed by atoms with van der Waals surface area (Å²) in [5.74, 6) is 1.74. The largest absolute Gasteiger partial charge is 0.453 e. The van der Waals surface area contributed by atoms with Crippen molar-refractivity contribution in [2.75, 3.05) is 13.7 Å². The molecule has 1 spiro atoms. The van der Waals surface area contributed by atoms with Crippen molar-refractivity contribution >= 4 is 28.9 Å². The summed E-state index contributed by atoms with van der Waals surface area (Å²) in [7, 11) is 1.31. The molecule has 12 nitrogen and oxygen atoms in total. The summed E-state index contributed by atoms with van der Waals surface area (Å²) in [6.07, 6.45) is 9.01. The molecule has 2 bridgehead atoms. The predicted molar refractivity (Wildman–Crippen MR) is 221 cm³/mol. The number of fused-ring (bicyclic) bond motifs is 3. The van der Waals surface area contributed by atoms with Crippen molar-refractivity contribution in [3.05, 3.63) is 84.7 Å². The molecule has 2 saturated heterocycles. The number of carbonyl (C=O) groups excluding carboxylic acids is 3. The van der Waals surface area contributed by atoms with Gasteiger partial charge in [0.15, 0.2) is 0 Å². The fourth-order valence-electron chi connectivity index (χ4n) is 9.59. The Labute approximate surface area is 339 Å². The van der Waals surface area contributed by atoms with Gasteiger partial charge in [-0.15, -0.1) is 0 Å². The number of hydrogen-bond acceptors (Lipinski definition) is 7. The Morgan fingerprint density at radius 3 is 2.14 bits per heavy atom. The maximum Gasteiger partial charge on any atom is 0.410 e. The van der Waals surface area contributed by atoms with Gasteiger partial charge in [0.25, 0.3) is 0 Å². The predicted octanol–water partition coefficient (Wildman–Crippen LogP) is 9.18. The van der Waals surface area contributed by atoms with Crippen LogP contribution < -0.4 is 5.32 Å². The van der Waals surface area contributed by atoms with Gasteiger partial charge in [0, 0.05) is 18.2 Å². The van der Waals surface area contributed by atoms with Crippen LogP contribution in [0.2, 0.25) is 0 Å². The zero-order valence-electron chi connectivity index (χ0n) is 34.2. The fourth-order valence-corrected chi connectivity index (χ4v) is 9.59. The van der Waals surface area contributed by atoms with E-state index in [0.29, 0.717) is 5.92 Å². The number of likely N-dealkylation sites (tertiary alicyclic amines) is 2. The molecule has 2 aliphatic heterocycles. The van der Waals surface area contributed by atoms with Gasteiger partial charge in [-0.2, -0.15) is 0 Å². The first-order valence-electron chi connectivity index (χ1n) is 20.7. The van der Waals surface area contributed by atoms with Gasteiger partial charge in [0.05, 0.1) is 43.0 Å². The van der Waals surface area contributed by atoms with Crippen LogP contribution in [0, 0.1) is 17.3 Å². The number of methoxy groups -OCH3 is 1. The quantitative estimate of drug-likeness (QED) is 0.142. The van der Waals surface area contributed by atoms with Crippen molar-refractivity contribution in [1.82, 2.24) is 35.1 Å². The van der Waals surface area contributed by atoms with Gasteiger partial charge < -0.3 is 29.7 Å². The third kappa shape index (κ3) is 7.11. The Morgan fingerprint density at radius 1 is 0.845 bits per heavy atom. The number of ether oxygens (including phenoxy) is 2. The molecule has 5 aromatic rings. The number of aromatic amines is 2. The van der Waals surface area contributed by atoms with E-state index >= 15 is 0 Å². The highest BCUT2D eigenvalue weighted by atomic mass is 16.6. The van der Waals surface area contributed by atoms with Gasteiger partial charge in [0.2, 0.25) is 5.91 Å². The zero-order valence-corrected chi connectivity index (χ0v) is 34.2. The number of rotatable bonds is 8. The molecule has 3 N–H and O–H groups in total. The molecule has 3 aromatic carbocycles. The first-order chi connectivity index (χ1) is 27.8. The van der Waals surface area contributed by atoms with Crippen molar-refractivity contribution in [3.63, 3.8) is 0 Å². The topological polar surface area (TPSA) is 146 Å². The molecule has 302 valence electrons. The van der Waals surface area contributed by atoms with E-state index in [0.717, 1.165) is 101 Å². The number of carbonyl (C=O) groups is 3. The minimum Gasteiger partial charge on any atom is -0.453 e. The van der Waals surface area contributed by atoms with Crippen LogP contribution in [0.15, 0.2) is 73.1 Å². The second kappa shape index (κ2) is 14.3. The molecule has 4 fully saturated rings. The molecule has 0 radical (unpaired) electrons. The minimum atomic E-state index is -0.672. The standard InChI is InChI=1S/C46H53N7O5/c1-26(2)38(51-43(55)57-6)42(54)53-34-16-15-33(21-34)39(53)41-48-23-35(50-41)28-9-7-27(8-10-28)29-11-12-31-20-32(14-13-30(31)19-29)36-24-47-40(49-36)37-22-46(17-18-46)25-52(37)44(56)58-45(3,4)5/h7-14,19-20,23-24,26,33-34,37-39H,15-18,21-22,25H2,1-6H3,(H,47,49)(H,48,50)(H,51,55)/t33-,34+,37-,38-,39?/m0/s1. The monoisotopic (exact) mass is 783 g/mol. The number of hydrogen-bond donors (Lipinski definition) is 3. The average molecular weight is 784 g/mol. The maximum absolute atomic E-state index is 13.9. The minimum absolute atomic E-state index is 0.0827. The molecule has 4 heterocycles. The first kappa shape index (κ1) is 37.9. The highest BCUT2D eigenvalue weighted by molar-refractivity contribution is 5.91. The second-order valence-electron chi connectivity index (χ2n) is 18.3. The number of H-pyrrole nitrogens is 2. The smallest absolute Gasteiger partial charge is 0.410 e. The summed E-state index contributed by atoms with van der Waals surface area (Å²) in [6, 6.07) is 20.6. The number of amides is 3. The van der Waals surface area contributed by atoms with Gasteiger partial charge in [-0.3, -0.25) is 9.69 Å². The van der Waals surface area contributed by atoms with E-state index in [1.165, 1.54) is 7.11 Å². The summed E-state index contributed by atoms with van der Waals surface area (Å²) in [5.41, 5.74) is 5.75. The van der Waals surface area contributed by atoms with E-state index in [4.69, 9.17) is 19.4 Å². The number of piperidine rings is 1. The van der Waals surface area contributed by atoms with Crippen molar-refractivity contribution in [1.29, 1.82) is 0 Å². The van der Waals surface area contributed by atoms with Crippen molar-refractivity contribution in [2.24, 2.45) is 17.3 Å². The lowest BCUT2D eigenvalue weighted by atomic mass is 9.95. The molecule has 12 heteroatoms. The van der Waals surface area contributed by atoms with E-state index < -0.39 is 17.7 Å². The fraction of sp³-hybridized carbons (Fsp3) is 0.457. The van der Waals surface area contributed by atoms with Gasteiger partial charge in [0.1, 0.15) is 23.3 Å². The maximum atomic E-state index is 13.9. The second-order valence-corrected chi connectivity index (χ2v) is 18.3. The van der Waals surface area contributed by atoms with Crippen LogP contribution in [-0.2, 0) is 14.3 Å². The highest BCUT2D eigenvalue weighted by Crippen LogP contribution is 2.58. The summed E-state index contributed by atoms with van der Waals surface area (Å²) >= 11 is 0. The number of imidazole rings is 2. The summed E-state index contributed by atoms with van der Waals surface area (Å²) in [4.78, 5) is 59.8. The van der Waals surface area contributed by atoms with E-state index in [9.17, 15) is 14.4 Å². The Hall–Kier alpha value is -5.65. The Balaban J connectivity index is 0.896. The Kier molecular flexibility index (Phi) is 9.36. The molecule has 2 saturated carbocycles. The zero-order chi connectivity index (χ0) is 40.5. The number of aromatic nitrogens is 4. The van der Waals surface area contributed by atoms with Crippen LogP contribution in [0.5, 0.6) is 0 Å². The molecule has 5 atom stereocenters. The third-order valence-corrected chi connectivity index (χ3v) is 12.8. The van der Waals surface area contributed by atoms with Crippen LogP contribution in [0.1, 0.15) is 96.9 Å². The van der Waals surface area contributed by atoms with Gasteiger partial charge >= 0.3 is 12.2 Å². The van der Waals surface area contributed by atoms with Crippen LogP contribution in [-0.4, -0.2) is 79.2 Å². The molecule has 2 aromatic heterocycles. The molecule has 4 aliphatic rings. The molecular weight excluding hydrogens is 731 g/mol. The number of nitrogens with zero attached hydrogens (tertiary/aromatic N) is 4. The Morgan fingerprint density at radius 2 is 1.47 bits per heavy atom. The highest BCUT2D eigenvalue weighted by Gasteiger charge is 2.55. The molecular formula is C46H53N7O5. The van der Waals surface area contributed by atoms with Crippen molar-refractivity contribution in [2.45, 2.75) is 103 Å². The summed E-state index contributed by atoms with van der Waals surface area (Å²) in [6.45, 7) is 10.3. The summed E-state index contributed by atoms with van der Waals surface area (Å²) < 4.78 is 10.6. The number of nitrogens with one attached hydrogen (secondary N) is 3. The number of benzene rings is 3. The molecule has 9 rings (SSSR count). The lowest BCUT2D eigenvalue weighted by Crippen LogP contribution is -2.54. The SMILES string of the molecule is COC(=O)N[C@H](C(=O)N1C(c2ncc(-c3ccc(-c4ccc5cc(-c6cnc([C@@H]7CC8(CC8)CN7C(=O)OC(C)(C)C)[nH]6)ccc5c4)cc3)[nH]2)[C@H]2CC[C@@H]1C2)C(C)C. The summed E-state index contributed by atoms with van der Waals surface area (Å²) in [5, 5.41) is 5.03. The van der Waals surface area contributed by atoms with E-state index in [2.05, 4.69) is 75.9 Å². The van der Waals surface area contributed by atoms with Crippen LogP contribution >= 0.6 is 0 Å². The molecule has 3 amide bonds. The van der Waals surface area contributed by atoms with E-state index in [1.807, 2.05) is 56.8 Å². The van der Waals surface area contributed by atoms with Crippen molar-refractivity contribution in [3.8, 4) is 33.6 Å². The third-order valence-electron chi connectivity index (χ3n) is 12.8. The van der Waals surface area contributed by atoms with Crippen LogP contribution in [0.4, 0.5) is 9.59 Å². The van der Waals surface area contributed by atoms with Crippen molar-refractivity contribution < 1.29 is 23.9 Å². The number of alkyl carbamates (subject to hydrolysis) is 1. The van der Waals surface area contributed by atoms with E-state index in [-0.39, 0.29) is 41.5 Å². The average Bonchev–Trinajstić information content (AvgIpc) is 3.83. The van der Waals surface area contributed by atoms with Crippen LogP contribution in [0.25, 0.3) is 44.4 Å². The van der Waals surface area contributed by atoms with E-state index in [1.54, 1.807) is 0 Å². The Bertz CT molecular complexity index is 2370. The first-order valence-corrected chi connectivity index (χ1v) is 20.7.